The number of hydrogen-bond acceptors (Lipinski definition) is 6. The van der Waals surface area contributed by atoms with E-state index >= 15 is 0 Å². The van der Waals surface area contributed by atoms with Crippen LogP contribution in [0, 0.1) is 27.7 Å². The number of amides is 4. The van der Waals surface area contributed by atoms with E-state index in [2.05, 4.69) is 413 Å². The number of aryl methyl sites for hydroxylation is 4. The van der Waals surface area contributed by atoms with E-state index in [9.17, 15) is 19.2 Å². The van der Waals surface area contributed by atoms with Gasteiger partial charge in [-0.1, -0.05) is 448 Å². The average Bonchev–Trinajstić information content (AvgIpc) is 1.58. The van der Waals surface area contributed by atoms with Crippen LogP contribution in [0.25, 0.3) is 32.7 Å². The summed E-state index contributed by atoms with van der Waals surface area (Å²) in [5.41, 5.74) is 12.3. The molecular formula is C130H118BBrN6O6P4Pd. The Hall–Kier alpha value is -14.2. The number of nitrogens with one attached hydrogen (secondary N) is 4. The average molecular weight is 2180 g/mol. The first kappa shape index (κ1) is 108. The monoisotopic (exact) mass is 2180 g/mol. The molecule has 0 radical (unpaired) electrons. The molecule has 1 fully saturated rings. The van der Waals surface area contributed by atoms with Crippen LogP contribution in [-0.4, -0.2) is 53.4 Å². The first-order valence-corrected chi connectivity index (χ1v) is 55.9. The summed E-state index contributed by atoms with van der Waals surface area (Å²) in [6.07, 6.45) is 5.21. The van der Waals surface area contributed by atoms with Crippen molar-refractivity contribution in [2.75, 3.05) is 33.5 Å². The van der Waals surface area contributed by atoms with Gasteiger partial charge in [0.25, 0.3) is 11.1 Å². The van der Waals surface area contributed by atoms with Crippen molar-refractivity contribution in [3.05, 3.63) is 556 Å². The molecule has 20 aromatic rings. The number of H-pyrrole nitrogens is 2. The van der Waals surface area contributed by atoms with Gasteiger partial charge in [-0.25, -0.2) is 9.59 Å². The summed E-state index contributed by atoms with van der Waals surface area (Å²) >= 11 is 3.40. The Balaban J connectivity index is 0.000000126. The van der Waals surface area contributed by atoms with E-state index < -0.39 is 38.8 Å². The maximum atomic E-state index is 12.9. The summed E-state index contributed by atoms with van der Waals surface area (Å²) in [4.78, 5) is 58.3. The van der Waals surface area contributed by atoms with E-state index in [-0.39, 0.29) is 54.8 Å². The Morgan fingerprint density at radius 1 is 0.302 bits per heavy atom. The molecule has 12 nitrogen and oxygen atoms in total. The van der Waals surface area contributed by atoms with Gasteiger partial charge in [-0.05, 0) is 267 Å². The summed E-state index contributed by atoms with van der Waals surface area (Å²) in [6, 6.07) is 169. The van der Waals surface area contributed by atoms with Gasteiger partial charge in [0.1, 0.15) is 0 Å². The molecule has 0 spiro atoms. The third-order valence-electron chi connectivity index (χ3n) is 26.3. The van der Waals surface area contributed by atoms with Crippen molar-refractivity contribution >= 4 is 180 Å². The fourth-order valence-electron chi connectivity index (χ4n) is 18.2. The maximum Gasteiger partial charge on any atom is 0.495 e. The number of benzene rings is 18. The number of carbonyl (C=O) groups is 2. The Bertz CT molecular complexity index is 7050. The van der Waals surface area contributed by atoms with Crippen LogP contribution in [0.15, 0.2) is 512 Å². The van der Waals surface area contributed by atoms with Gasteiger partial charge in [0.15, 0.2) is 0 Å². The van der Waals surface area contributed by atoms with Gasteiger partial charge in [-0.3, -0.25) is 19.4 Å². The first-order chi connectivity index (χ1) is 72.2. The quantitative estimate of drug-likeness (QED) is 0.0559. The van der Waals surface area contributed by atoms with Gasteiger partial charge in [0.2, 0.25) is 0 Å². The van der Waals surface area contributed by atoms with Gasteiger partial charge < -0.3 is 29.9 Å². The summed E-state index contributed by atoms with van der Waals surface area (Å²) in [5, 5.41) is 26.1. The molecule has 0 aliphatic carbocycles. The van der Waals surface area contributed by atoms with Gasteiger partial charge in [0, 0.05) is 94.9 Å². The van der Waals surface area contributed by atoms with E-state index in [1.165, 1.54) is 74.8 Å². The number of pyridine rings is 2. The molecule has 149 heavy (non-hydrogen) atoms. The normalized spacial score (nSPS) is 12.7. The first-order valence-electron chi connectivity index (χ1n) is 49.8. The van der Waals surface area contributed by atoms with Crippen LogP contribution in [0.3, 0.4) is 0 Å². The number of fused-ring (bicyclic) bond motifs is 4. The van der Waals surface area contributed by atoms with Crippen molar-refractivity contribution < 1.29 is 39.3 Å². The maximum absolute atomic E-state index is 12.9. The van der Waals surface area contributed by atoms with Crippen LogP contribution in [0.4, 0.5) is 32.3 Å². The SMILES string of the molecule is Cc1cc(NC(=O)N2CCc3ccccc32)ccc1B1OC(C)(C)C(C)(C)O1.Cc1ccc2c(=O)[nH]cc(-c3ccc(NC(=O)N4CCc5ccccc54)cc3C)c2c1.Cc1ccc2c(=O)[nH]cc(Br)c2c1.[Pd].c1ccc(P(c2ccccc2)c2ccccc2)cc1.c1ccc(P(c2ccccc2)c2ccccc2)cc1.c1ccc(P(c2ccccc2)c2ccccc2)cc1.c1ccc(P(c2ccccc2)c2ccccc2)cc1. The number of anilines is 4. The number of rotatable bonds is 16. The number of hydrogen-bond donors (Lipinski definition) is 4. The van der Waals surface area contributed by atoms with Gasteiger partial charge in [0.05, 0.1) is 11.2 Å². The standard InChI is InChI=1S/C26H23N3O2.C22H27BN2O3.4C18H15P.C10H8BrNO.Pd/c1-16-7-9-21-22(13-16)23(15-27-25(21)30)20-10-8-19(14-17(20)2)28-26(31)29-12-11-18-5-3-4-6-24(18)29;1-15-14-17(10-11-18(15)23-27-21(2,3)22(4,5)28-23)24-20(26)25-13-12-16-8-6-7-9-19(16)25;4*1-4-10-16(11-5-1)19(17-12-6-2-7-13-17)18-14-8-3-9-15-18;1-6-2-3-7-8(4-6)9(11)5-12-10(7)13;/h3-10,13-15H,11-12H2,1-2H3,(H,27,30)(H,28,31);6-11,14H,12-13H2,1-5H3,(H,24,26);4*1-15H;2-5H,1H3,(H,12,13);. The van der Waals surface area contributed by atoms with Crippen LogP contribution in [0.5, 0.6) is 0 Å². The van der Waals surface area contributed by atoms with Crippen molar-refractivity contribution in [3.8, 4) is 11.1 Å². The zero-order valence-electron chi connectivity index (χ0n) is 84.6. The molecule has 19 heteroatoms. The molecule has 5 heterocycles. The number of para-hydroxylation sites is 2. The molecule has 744 valence electrons. The Labute approximate surface area is 902 Å². The second-order valence-corrected chi connectivity index (χ2v) is 46.8. The summed E-state index contributed by atoms with van der Waals surface area (Å²) in [7, 11) is -2.19. The molecule has 18 aromatic carbocycles. The molecule has 3 aliphatic heterocycles. The van der Waals surface area contributed by atoms with E-state index in [4.69, 9.17) is 9.31 Å². The molecule has 1 saturated heterocycles. The predicted molar refractivity (Wildman–Crippen MR) is 637 cm³/mol. The van der Waals surface area contributed by atoms with Crippen LogP contribution in [0.2, 0.25) is 0 Å². The van der Waals surface area contributed by atoms with Gasteiger partial charge >= 0.3 is 19.2 Å². The zero-order valence-corrected chi connectivity index (χ0v) is 91.3. The second-order valence-electron chi connectivity index (χ2n) is 37.1. The topological polar surface area (TPSA) is 149 Å². The molecule has 4 amide bonds. The molecule has 0 bridgehead atoms. The molecule has 4 N–H and O–H groups in total. The molecule has 23 rings (SSSR count). The van der Waals surface area contributed by atoms with Gasteiger partial charge in [-0.15, -0.1) is 0 Å². The molecular weight excluding hydrogens is 2060 g/mol. The molecule has 3 aliphatic rings. The number of carbonyl (C=O) groups excluding carboxylic acids is 2. The van der Waals surface area contributed by atoms with Crippen LogP contribution in [0.1, 0.15) is 61.1 Å². The van der Waals surface area contributed by atoms with E-state index in [1.807, 2.05) is 165 Å². The third-order valence-corrected chi connectivity index (χ3v) is 36.7. The predicted octanol–water partition coefficient (Wildman–Crippen LogP) is 25.7. The summed E-state index contributed by atoms with van der Waals surface area (Å²) in [6.45, 7) is 17.6. The minimum Gasteiger partial charge on any atom is -0.399 e. The van der Waals surface area contributed by atoms with Crippen LogP contribution >= 0.6 is 47.6 Å². The molecule has 2 aromatic heterocycles. The Morgan fingerprint density at radius 2 is 0.564 bits per heavy atom. The van der Waals surface area contributed by atoms with E-state index in [0.717, 1.165) is 95.1 Å². The number of aromatic amines is 2. The molecule has 0 saturated carbocycles. The Kier molecular flexibility index (Phi) is 37.6. The smallest absolute Gasteiger partial charge is 0.399 e. The molecule has 0 unspecified atom stereocenters. The zero-order chi connectivity index (χ0) is 103. The molecule has 0 atom stereocenters. The summed E-state index contributed by atoms with van der Waals surface area (Å²) in [5.74, 6) is 0. The Morgan fingerprint density at radius 3 is 0.859 bits per heavy atom. The minimum absolute atomic E-state index is 0. The van der Waals surface area contributed by atoms with Crippen LogP contribution < -0.4 is 101 Å². The number of aromatic nitrogens is 2. The van der Waals surface area contributed by atoms with E-state index in [0.29, 0.717) is 18.5 Å². The van der Waals surface area contributed by atoms with Crippen molar-refractivity contribution in [1.29, 1.82) is 0 Å². The van der Waals surface area contributed by atoms with E-state index in [1.54, 1.807) is 22.2 Å². The van der Waals surface area contributed by atoms with Crippen molar-refractivity contribution in [2.24, 2.45) is 0 Å². The summed E-state index contributed by atoms with van der Waals surface area (Å²) < 4.78 is 13.2. The van der Waals surface area contributed by atoms with Crippen molar-refractivity contribution in [1.82, 2.24) is 9.97 Å². The number of halogens is 1. The largest absolute Gasteiger partial charge is 0.495 e. The number of nitrogens with zero attached hydrogens (tertiary/aromatic N) is 2. The van der Waals surface area contributed by atoms with Crippen molar-refractivity contribution in [3.63, 3.8) is 0 Å². The van der Waals surface area contributed by atoms with Crippen molar-refractivity contribution in [2.45, 2.75) is 79.4 Å². The number of urea groups is 2. The second kappa shape index (κ2) is 52.1. The minimum atomic E-state index is -0.446. The third kappa shape index (κ3) is 27.5. The van der Waals surface area contributed by atoms with Gasteiger partial charge in [-0.2, -0.15) is 0 Å². The fraction of sp³-hybridized carbons (Fsp3) is 0.108. The fourth-order valence-corrected chi connectivity index (χ4v) is 27.8. The van der Waals surface area contributed by atoms with Crippen LogP contribution in [-0.2, 0) is 42.6 Å².